The van der Waals surface area contributed by atoms with E-state index in [9.17, 15) is 0 Å². The summed E-state index contributed by atoms with van der Waals surface area (Å²) in [6, 6.07) is 3.49. The van der Waals surface area contributed by atoms with E-state index in [1.807, 2.05) is 19.9 Å². The second-order valence-corrected chi connectivity index (χ2v) is 3.46. The van der Waals surface area contributed by atoms with E-state index in [2.05, 4.69) is 4.98 Å². The highest BCUT2D eigenvalue weighted by Crippen LogP contribution is 2.25. The number of hydrogen-bond donors (Lipinski definition) is 1. The Balaban J connectivity index is 3.31. The van der Waals surface area contributed by atoms with E-state index in [4.69, 9.17) is 22.6 Å². The molecular formula is C9H10ClN3. The number of hydrogen-bond acceptors (Lipinski definition) is 3. The van der Waals surface area contributed by atoms with Gasteiger partial charge in [0.2, 0.25) is 0 Å². The first-order chi connectivity index (χ1) is 6.06. The Morgan fingerprint density at radius 2 is 2.23 bits per heavy atom. The Morgan fingerprint density at radius 3 is 2.69 bits per heavy atom. The fraction of sp³-hybridized carbons (Fsp3) is 0.333. The summed E-state index contributed by atoms with van der Waals surface area (Å²) in [6.07, 6.45) is 0. The summed E-state index contributed by atoms with van der Waals surface area (Å²) < 4.78 is 0. The zero-order valence-corrected chi connectivity index (χ0v) is 8.26. The lowest BCUT2D eigenvalue weighted by atomic mass is 10.1. The van der Waals surface area contributed by atoms with Crippen molar-refractivity contribution in [3.05, 3.63) is 22.3 Å². The number of halogens is 1. The van der Waals surface area contributed by atoms with Gasteiger partial charge < -0.3 is 5.73 Å². The molecule has 0 bridgehead atoms. The molecule has 4 heteroatoms. The predicted molar refractivity (Wildman–Crippen MR) is 52.5 cm³/mol. The van der Waals surface area contributed by atoms with Crippen LogP contribution in [0.5, 0.6) is 0 Å². The van der Waals surface area contributed by atoms with E-state index in [1.54, 1.807) is 6.07 Å². The standard InChI is InChI=1S/C9H10ClN3/c1-5(2)8-7(10)3-6(4-11)9(12)13-8/h3,5H,1-2H3,(H2,12,13). The monoisotopic (exact) mass is 195 g/mol. The van der Waals surface area contributed by atoms with Gasteiger partial charge in [-0.3, -0.25) is 0 Å². The van der Waals surface area contributed by atoms with Crippen LogP contribution in [-0.4, -0.2) is 4.98 Å². The van der Waals surface area contributed by atoms with Gasteiger partial charge in [0.05, 0.1) is 16.3 Å². The van der Waals surface area contributed by atoms with Gasteiger partial charge in [-0.1, -0.05) is 25.4 Å². The van der Waals surface area contributed by atoms with Crippen LogP contribution in [0.2, 0.25) is 5.02 Å². The van der Waals surface area contributed by atoms with Crippen molar-refractivity contribution >= 4 is 17.4 Å². The van der Waals surface area contributed by atoms with Gasteiger partial charge >= 0.3 is 0 Å². The molecule has 0 aliphatic carbocycles. The largest absolute Gasteiger partial charge is 0.383 e. The van der Waals surface area contributed by atoms with Gasteiger partial charge in [-0.15, -0.1) is 0 Å². The van der Waals surface area contributed by atoms with Gasteiger partial charge in [-0.25, -0.2) is 4.98 Å². The summed E-state index contributed by atoms with van der Waals surface area (Å²) in [6.45, 7) is 3.94. The van der Waals surface area contributed by atoms with Crippen molar-refractivity contribution < 1.29 is 0 Å². The first kappa shape index (κ1) is 9.82. The molecule has 13 heavy (non-hydrogen) atoms. The van der Waals surface area contributed by atoms with Crippen LogP contribution in [0.15, 0.2) is 6.07 Å². The van der Waals surface area contributed by atoms with Crippen LogP contribution < -0.4 is 5.73 Å². The van der Waals surface area contributed by atoms with Crippen molar-refractivity contribution in [2.24, 2.45) is 0 Å². The van der Waals surface area contributed by atoms with Crippen molar-refractivity contribution in [2.75, 3.05) is 5.73 Å². The molecule has 0 fully saturated rings. The van der Waals surface area contributed by atoms with Crippen LogP contribution in [0.4, 0.5) is 5.82 Å². The molecule has 0 spiro atoms. The summed E-state index contributed by atoms with van der Waals surface area (Å²) in [5, 5.41) is 9.14. The predicted octanol–water partition coefficient (Wildman–Crippen LogP) is 2.31. The number of nitrogen functional groups attached to an aromatic ring is 1. The Morgan fingerprint density at radius 1 is 1.62 bits per heavy atom. The van der Waals surface area contributed by atoms with Crippen molar-refractivity contribution in [3.63, 3.8) is 0 Å². The van der Waals surface area contributed by atoms with Gasteiger partial charge in [0.15, 0.2) is 0 Å². The zero-order valence-electron chi connectivity index (χ0n) is 7.50. The van der Waals surface area contributed by atoms with E-state index in [1.165, 1.54) is 0 Å². The van der Waals surface area contributed by atoms with Crippen LogP contribution in [0.25, 0.3) is 0 Å². The fourth-order valence-electron chi connectivity index (χ4n) is 1.01. The van der Waals surface area contributed by atoms with Gasteiger partial charge in [0.25, 0.3) is 0 Å². The normalized spacial score (nSPS) is 10.1. The quantitative estimate of drug-likeness (QED) is 0.748. The van der Waals surface area contributed by atoms with Crippen LogP contribution >= 0.6 is 11.6 Å². The van der Waals surface area contributed by atoms with Gasteiger partial charge in [0, 0.05) is 0 Å². The van der Waals surface area contributed by atoms with Crippen LogP contribution in [0, 0.1) is 11.3 Å². The molecule has 0 amide bonds. The van der Waals surface area contributed by atoms with Gasteiger partial charge in [-0.05, 0) is 12.0 Å². The lowest BCUT2D eigenvalue weighted by molar-refractivity contribution is 0.825. The summed E-state index contributed by atoms with van der Waals surface area (Å²) >= 11 is 5.91. The first-order valence-electron chi connectivity index (χ1n) is 3.92. The zero-order chi connectivity index (χ0) is 10.0. The molecule has 2 N–H and O–H groups in total. The van der Waals surface area contributed by atoms with Crippen molar-refractivity contribution in [2.45, 2.75) is 19.8 Å². The number of pyridine rings is 1. The summed E-state index contributed by atoms with van der Waals surface area (Å²) in [4.78, 5) is 4.07. The molecule has 1 aromatic rings. The van der Waals surface area contributed by atoms with Crippen LogP contribution in [-0.2, 0) is 0 Å². The second-order valence-electron chi connectivity index (χ2n) is 3.05. The maximum absolute atomic E-state index is 8.64. The minimum absolute atomic E-state index is 0.211. The number of nitrogens with zero attached hydrogens (tertiary/aromatic N) is 2. The highest BCUT2D eigenvalue weighted by atomic mass is 35.5. The summed E-state index contributed by atoms with van der Waals surface area (Å²) in [7, 11) is 0. The van der Waals surface area contributed by atoms with E-state index in [-0.39, 0.29) is 11.7 Å². The second kappa shape index (κ2) is 3.63. The van der Waals surface area contributed by atoms with E-state index >= 15 is 0 Å². The first-order valence-corrected chi connectivity index (χ1v) is 4.30. The molecule has 0 aliphatic rings. The minimum atomic E-state index is 0.211. The third-order valence-electron chi connectivity index (χ3n) is 1.70. The lowest BCUT2D eigenvalue weighted by Gasteiger charge is -2.08. The van der Waals surface area contributed by atoms with E-state index in [0.29, 0.717) is 10.6 Å². The lowest BCUT2D eigenvalue weighted by Crippen LogP contribution is -2.01. The third-order valence-corrected chi connectivity index (χ3v) is 2.00. The molecule has 0 unspecified atom stereocenters. The van der Waals surface area contributed by atoms with Gasteiger partial charge in [0.1, 0.15) is 11.9 Å². The third kappa shape index (κ3) is 1.90. The topological polar surface area (TPSA) is 62.7 Å². The Kier molecular flexibility index (Phi) is 2.74. The molecular weight excluding hydrogens is 186 g/mol. The van der Waals surface area contributed by atoms with Crippen molar-refractivity contribution in [3.8, 4) is 6.07 Å². The SMILES string of the molecule is CC(C)c1nc(N)c(C#N)cc1Cl. The molecule has 0 aromatic carbocycles. The minimum Gasteiger partial charge on any atom is -0.383 e. The smallest absolute Gasteiger partial charge is 0.141 e. The number of rotatable bonds is 1. The van der Waals surface area contributed by atoms with Crippen molar-refractivity contribution in [1.29, 1.82) is 5.26 Å². The Hall–Kier alpha value is -1.27. The molecule has 0 saturated carbocycles. The number of anilines is 1. The Bertz CT molecular complexity index is 366. The maximum Gasteiger partial charge on any atom is 0.141 e. The number of aromatic nitrogens is 1. The summed E-state index contributed by atoms with van der Waals surface area (Å²) in [5.41, 5.74) is 6.61. The molecule has 1 rings (SSSR count). The molecule has 3 nitrogen and oxygen atoms in total. The van der Waals surface area contributed by atoms with Crippen LogP contribution in [0.3, 0.4) is 0 Å². The average Bonchev–Trinajstić information content (AvgIpc) is 2.07. The highest BCUT2D eigenvalue weighted by Gasteiger charge is 2.10. The van der Waals surface area contributed by atoms with E-state index in [0.717, 1.165) is 5.69 Å². The number of nitrogens with two attached hydrogens (primary N) is 1. The number of nitriles is 1. The maximum atomic E-state index is 8.64. The molecule has 68 valence electrons. The Labute approximate surface area is 82.1 Å². The highest BCUT2D eigenvalue weighted by molar-refractivity contribution is 6.31. The summed E-state index contributed by atoms with van der Waals surface area (Å²) in [5.74, 6) is 0.457. The van der Waals surface area contributed by atoms with Crippen molar-refractivity contribution in [1.82, 2.24) is 4.98 Å². The molecule has 0 aliphatic heterocycles. The molecule has 1 heterocycles. The van der Waals surface area contributed by atoms with Gasteiger partial charge in [-0.2, -0.15) is 5.26 Å². The van der Waals surface area contributed by atoms with Crippen LogP contribution in [0.1, 0.15) is 31.0 Å². The molecule has 0 atom stereocenters. The molecule has 0 saturated heterocycles. The fourth-order valence-corrected chi connectivity index (χ4v) is 1.38. The molecule has 1 aromatic heterocycles. The van der Waals surface area contributed by atoms with E-state index < -0.39 is 0 Å². The molecule has 0 radical (unpaired) electrons. The average molecular weight is 196 g/mol.